The van der Waals surface area contributed by atoms with Gasteiger partial charge in [0.1, 0.15) is 5.60 Å². The molecule has 1 amide bonds. The minimum absolute atomic E-state index is 0.198. The average Bonchev–Trinajstić information content (AvgIpc) is 2.24. The second-order valence-electron chi connectivity index (χ2n) is 7.24. The van der Waals surface area contributed by atoms with E-state index in [9.17, 15) is 4.79 Å². The van der Waals surface area contributed by atoms with Crippen molar-refractivity contribution in [2.24, 2.45) is 5.41 Å². The number of likely N-dealkylation sites (tertiary alicyclic amines) is 1. The molecule has 1 aliphatic heterocycles. The number of carbonyl (C=O) groups excluding carboxylic acids is 1. The number of amides is 1. The zero-order valence-electron chi connectivity index (χ0n) is 12.7. The Balaban J connectivity index is 2.07. The van der Waals surface area contributed by atoms with Crippen LogP contribution in [0.25, 0.3) is 0 Å². The highest BCUT2D eigenvalue weighted by atomic mass is 16.6. The lowest BCUT2D eigenvalue weighted by atomic mass is 9.78. The summed E-state index contributed by atoms with van der Waals surface area (Å²) in [6, 6.07) is 0. The smallest absolute Gasteiger partial charge is 0.410 e. The van der Waals surface area contributed by atoms with Crippen LogP contribution in [-0.4, -0.2) is 29.7 Å². The topological polar surface area (TPSA) is 29.5 Å². The molecule has 2 aliphatic rings. The van der Waals surface area contributed by atoms with Crippen LogP contribution < -0.4 is 0 Å². The van der Waals surface area contributed by atoms with Crippen molar-refractivity contribution >= 4 is 6.09 Å². The Morgan fingerprint density at radius 3 is 2.63 bits per heavy atom. The van der Waals surface area contributed by atoms with Gasteiger partial charge in [-0.05, 0) is 50.2 Å². The molecule has 0 aromatic rings. The van der Waals surface area contributed by atoms with Gasteiger partial charge in [-0.1, -0.05) is 26.0 Å². The maximum atomic E-state index is 12.1. The molecule has 0 atom stereocenters. The Hall–Kier alpha value is -1.25. The van der Waals surface area contributed by atoms with Crippen molar-refractivity contribution in [1.29, 1.82) is 0 Å². The van der Waals surface area contributed by atoms with E-state index in [1.807, 2.05) is 25.7 Å². The monoisotopic (exact) mass is 263 g/mol. The average molecular weight is 263 g/mol. The van der Waals surface area contributed by atoms with Crippen LogP contribution in [0, 0.1) is 5.41 Å². The maximum Gasteiger partial charge on any atom is 0.410 e. The molecule has 1 fully saturated rings. The van der Waals surface area contributed by atoms with Crippen molar-refractivity contribution in [3.05, 3.63) is 23.3 Å². The molecule has 0 aromatic heterocycles. The molecule has 1 heterocycles. The van der Waals surface area contributed by atoms with Crippen molar-refractivity contribution in [1.82, 2.24) is 4.90 Å². The lowest BCUT2D eigenvalue weighted by Crippen LogP contribution is -2.41. The zero-order valence-corrected chi connectivity index (χ0v) is 12.7. The highest BCUT2D eigenvalue weighted by Crippen LogP contribution is 2.36. The molecule has 0 aromatic carbocycles. The van der Waals surface area contributed by atoms with E-state index in [0.717, 1.165) is 19.4 Å². The molecule has 1 saturated heterocycles. The van der Waals surface area contributed by atoms with Gasteiger partial charge in [-0.2, -0.15) is 0 Å². The van der Waals surface area contributed by atoms with Gasteiger partial charge in [0.15, 0.2) is 0 Å². The predicted molar refractivity (Wildman–Crippen MR) is 77.0 cm³/mol. The van der Waals surface area contributed by atoms with Crippen LogP contribution in [0.4, 0.5) is 4.79 Å². The van der Waals surface area contributed by atoms with Gasteiger partial charge < -0.3 is 9.64 Å². The molecule has 0 radical (unpaired) electrons. The number of hydrogen-bond donors (Lipinski definition) is 0. The lowest BCUT2D eigenvalue weighted by molar-refractivity contribution is 0.0257. The van der Waals surface area contributed by atoms with Crippen LogP contribution in [-0.2, 0) is 4.74 Å². The first-order chi connectivity index (χ1) is 8.66. The summed E-state index contributed by atoms with van der Waals surface area (Å²) in [5.74, 6) is 0. The van der Waals surface area contributed by atoms with E-state index in [1.165, 1.54) is 11.1 Å². The van der Waals surface area contributed by atoms with Crippen LogP contribution in [0.5, 0.6) is 0 Å². The van der Waals surface area contributed by atoms with Gasteiger partial charge in [-0.15, -0.1) is 0 Å². The third-order valence-corrected chi connectivity index (χ3v) is 3.52. The quantitative estimate of drug-likeness (QED) is 0.663. The van der Waals surface area contributed by atoms with Gasteiger partial charge in [-0.3, -0.25) is 0 Å². The molecular formula is C16H25NO2. The van der Waals surface area contributed by atoms with Gasteiger partial charge in [0.05, 0.1) is 0 Å². The minimum atomic E-state index is -0.423. The Morgan fingerprint density at radius 1 is 1.32 bits per heavy atom. The molecule has 0 bridgehead atoms. The number of allylic oxidation sites excluding steroid dienone is 2. The van der Waals surface area contributed by atoms with Crippen LogP contribution in [0.3, 0.4) is 0 Å². The molecule has 2 rings (SSSR count). The molecular weight excluding hydrogens is 238 g/mol. The molecule has 3 nitrogen and oxygen atoms in total. The second kappa shape index (κ2) is 4.69. The molecule has 0 N–H and O–H groups in total. The van der Waals surface area contributed by atoms with Gasteiger partial charge in [-0.25, -0.2) is 4.79 Å². The van der Waals surface area contributed by atoms with Gasteiger partial charge in [0.2, 0.25) is 0 Å². The van der Waals surface area contributed by atoms with Crippen molar-refractivity contribution in [3.63, 3.8) is 0 Å². The number of carbonyl (C=O) groups is 1. The summed E-state index contributed by atoms with van der Waals surface area (Å²) in [5, 5.41) is 0. The molecule has 0 unspecified atom stereocenters. The van der Waals surface area contributed by atoms with E-state index >= 15 is 0 Å². The fourth-order valence-electron chi connectivity index (χ4n) is 2.57. The molecule has 1 aliphatic carbocycles. The highest BCUT2D eigenvalue weighted by molar-refractivity contribution is 5.69. The van der Waals surface area contributed by atoms with Crippen molar-refractivity contribution in [2.75, 3.05) is 13.1 Å². The van der Waals surface area contributed by atoms with Crippen molar-refractivity contribution < 1.29 is 9.53 Å². The van der Waals surface area contributed by atoms with Crippen molar-refractivity contribution in [2.45, 2.75) is 53.1 Å². The van der Waals surface area contributed by atoms with Crippen molar-refractivity contribution in [3.8, 4) is 0 Å². The summed E-state index contributed by atoms with van der Waals surface area (Å²) in [5.41, 5.74) is 2.50. The normalized spacial score (nSPS) is 22.3. The first-order valence-electron chi connectivity index (χ1n) is 7.05. The Bertz CT molecular complexity index is 438. The number of ether oxygens (including phenoxy) is 1. The molecule has 0 spiro atoms. The highest BCUT2D eigenvalue weighted by Gasteiger charge is 2.30. The lowest BCUT2D eigenvalue weighted by Gasteiger charge is -2.36. The van der Waals surface area contributed by atoms with Gasteiger partial charge >= 0.3 is 6.09 Å². The molecule has 106 valence electrons. The zero-order chi connectivity index (χ0) is 14.3. The number of rotatable bonds is 0. The first-order valence-corrected chi connectivity index (χ1v) is 7.05. The number of fused-ring (bicyclic) bond motifs is 1. The third-order valence-electron chi connectivity index (χ3n) is 3.52. The molecule has 3 heteroatoms. The first kappa shape index (κ1) is 14.2. The van der Waals surface area contributed by atoms with Crippen LogP contribution in [0.15, 0.2) is 23.3 Å². The predicted octanol–water partition coefficient (Wildman–Crippen LogP) is 3.91. The Labute approximate surface area is 116 Å². The van der Waals surface area contributed by atoms with E-state index in [2.05, 4.69) is 26.0 Å². The standard InChI is InChI=1S/C16H25NO2/c1-15(2,3)19-14(18)17-9-7-12-6-8-16(4,5)10-13(12)11-17/h6,10H,7-9,11H2,1-5H3. The van der Waals surface area contributed by atoms with E-state index in [-0.39, 0.29) is 11.5 Å². The van der Waals surface area contributed by atoms with Crippen LogP contribution >= 0.6 is 0 Å². The Kier molecular flexibility index (Phi) is 3.50. The van der Waals surface area contributed by atoms with Gasteiger partial charge in [0, 0.05) is 13.1 Å². The summed E-state index contributed by atoms with van der Waals surface area (Å²) < 4.78 is 5.45. The minimum Gasteiger partial charge on any atom is -0.444 e. The van der Waals surface area contributed by atoms with E-state index < -0.39 is 5.60 Å². The number of nitrogens with zero attached hydrogens (tertiary/aromatic N) is 1. The number of hydrogen-bond acceptors (Lipinski definition) is 2. The fraction of sp³-hybridized carbons (Fsp3) is 0.688. The second-order valence-corrected chi connectivity index (χ2v) is 7.24. The number of piperidine rings is 1. The summed E-state index contributed by atoms with van der Waals surface area (Å²) in [6.07, 6.45) is 6.50. The van der Waals surface area contributed by atoms with Crippen LogP contribution in [0.2, 0.25) is 0 Å². The van der Waals surface area contributed by atoms with Crippen LogP contribution in [0.1, 0.15) is 47.5 Å². The molecule has 0 saturated carbocycles. The summed E-state index contributed by atoms with van der Waals surface area (Å²) in [4.78, 5) is 13.9. The SMILES string of the molecule is CC1(C)C=C2CN(C(=O)OC(C)(C)C)CCC2=CC1. The van der Waals surface area contributed by atoms with Gasteiger partial charge in [0.25, 0.3) is 0 Å². The maximum absolute atomic E-state index is 12.1. The molecule has 19 heavy (non-hydrogen) atoms. The van der Waals surface area contributed by atoms with E-state index in [0.29, 0.717) is 6.54 Å². The largest absolute Gasteiger partial charge is 0.444 e. The van der Waals surface area contributed by atoms with E-state index in [1.54, 1.807) is 0 Å². The summed E-state index contributed by atoms with van der Waals surface area (Å²) in [6.45, 7) is 11.6. The summed E-state index contributed by atoms with van der Waals surface area (Å²) in [7, 11) is 0. The summed E-state index contributed by atoms with van der Waals surface area (Å²) >= 11 is 0. The third kappa shape index (κ3) is 3.62. The fourth-order valence-corrected chi connectivity index (χ4v) is 2.57. The Morgan fingerprint density at radius 2 is 2.00 bits per heavy atom. The van der Waals surface area contributed by atoms with E-state index in [4.69, 9.17) is 4.74 Å².